The summed E-state index contributed by atoms with van der Waals surface area (Å²) in [7, 11) is 2.11. The summed E-state index contributed by atoms with van der Waals surface area (Å²) in [6.45, 7) is 6.29. The van der Waals surface area contributed by atoms with Crippen LogP contribution in [0.3, 0.4) is 0 Å². The second kappa shape index (κ2) is 15.4. The molecule has 3 saturated heterocycles. The van der Waals surface area contributed by atoms with Gasteiger partial charge in [-0.25, -0.2) is 9.59 Å². The number of carbonyl (C=O) groups excluding carboxylic acids is 3. The molecule has 0 bridgehead atoms. The third kappa shape index (κ3) is 8.31. The van der Waals surface area contributed by atoms with E-state index in [-0.39, 0.29) is 34.4 Å². The Bertz CT molecular complexity index is 1550. The van der Waals surface area contributed by atoms with Crippen LogP contribution in [0.2, 0.25) is 0 Å². The van der Waals surface area contributed by atoms with E-state index in [1.807, 2.05) is 29.2 Å². The van der Waals surface area contributed by atoms with Crippen LogP contribution in [0, 0.1) is 0 Å². The number of anilines is 2. The first-order chi connectivity index (χ1) is 23.9. The lowest BCUT2D eigenvalue weighted by Gasteiger charge is -2.42. The monoisotopic (exact) mass is 762 g/mol. The molecule has 15 heteroatoms. The van der Waals surface area contributed by atoms with E-state index >= 15 is 0 Å². The number of nitrogens with two attached hydrogens (primary N) is 1. The van der Waals surface area contributed by atoms with Gasteiger partial charge in [0.25, 0.3) is 0 Å². The van der Waals surface area contributed by atoms with Gasteiger partial charge in [0.2, 0.25) is 5.91 Å². The van der Waals surface area contributed by atoms with Gasteiger partial charge in [-0.05, 0) is 84.4 Å². The highest BCUT2D eigenvalue weighted by molar-refractivity contribution is 9.10. The quantitative estimate of drug-likeness (QED) is 0.375. The van der Waals surface area contributed by atoms with Gasteiger partial charge in [-0.1, -0.05) is 18.2 Å². The highest BCUT2D eigenvalue weighted by Gasteiger charge is 2.37. The van der Waals surface area contributed by atoms with Crippen LogP contribution in [-0.2, 0) is 23.8 Å². The maximum Gasteiger partial charge on any atom is 0.418 e. The van der Waals surface area contributed by atoms with E-state index in [9.17, 15) is 27.6 Å². The number of benzene rings is 2. The molecule has 5 amide bonds. The van der Waals surface area contributed by atoms with Gasteiger partial charge in [-0.15, -0.1) is 0 Å². The lowest BCUT2D eigenvalue weighted by atomic mass is 9.98. The van der Waals surface area contributed by atoms with Crippen molar-refractivity contribution in [1.29, 1.82) is 0 Å². The van der Waals surface area contributed by atoms with Gasteiger partial charge in [-0.3, -0.25) is 9.69 Å². The minimum atomic E-state index is -4.69. The van der Waals surface area contributed by atoms with Crippen LogP contribution in [0.4, 0.5) is 34.1 Å². The Balaban J connectivity index is 1.12. The molecule has 2 aromatic carbocycles. The first-order valence-corrected chi connectivity index (χ1v) is 18.2. The smallest absolute Gasteiger partial charge is 0.397 e. The van der Waals surface area contributed by atoms with Gasteiger partial charge in [0.1, 0.15) is 6.04 Å². The van der Waals surface area contributed by atoms with Crippen LogP contribution < -0.4 is 16.4 Å². The van der Waals surface area contributed by atoms with Crippen molar-refractivity contribution in [2.24, 2.45) is 0 Å². The second-order valence-corrected chi connectivity index (χ2v) is 14.7. The number of alkyl halides is 3. The van der Waals surface area contributed by atoms with Gasteiger partial charge < -0.3 is 36.0 Å². The largest absolute Gasteiger partial charge is 0.418 e. The number of hydrogen-bond acceptors (Lipinski definition) is 6. The van der Waals surface area contributed by atoms with Crippen LogP contribution in [0.25, 0.3) is 0 Å². The molecule has 0 spiro atoms. The number of nitrogens with zero attached hydrogens (tertiary/aromatic N) is 5. The number of fused-ring (bicyclic) bond motifs is 1. The Morgan fingerprint density at radius 2 is 1.58 bits per heavy atom. The molecule has 0 radical (unpaired) electrons. The molecule has 4 aliphatic rings. The predicted molar refractivity (Wildman–Crippen MR) is 189 cm³/mol. The summed E-state index contributed by atoms with van der Waals surface area (Å²) in [5.74, 6) is -0.313. The Morgan fingerprint density at radius 3 is 2.26 bits per heavy atom. The van der Waals surface area contributed by atoms with Crippen LogP contribution in [0.1, 0.15) is 42.4 Å². The van der Waals surface area contributed by atoms with Crippen LogP contribution in [0.5, 0.6) is 0 Å². The van der Waals surface area contributed by atoms with Gasteiger partial charge in [-0.2, -0.15) is 13.2 Å². The van der Waals surface area contributed by atoms with Crippen molar-refractivity contribution in [3.63, 3.8) is 0 Å². The summed E-state index contributed by atoms with van der Waals surface area (Å²) in [6, 6.07) is 8.80. The lowest BCUT2D eigenvalue weighted by molar-refractivity contribution is -0.137. The standard InChI is InChI=1S/C35H46BrF3N8O3/c1-43-16-18-44(19-17-43)25-7-11-45(12-8-25)32(48)30(22-23-20-27(35(37,38)39)31(40)28(36)21-23)42-33(49)46-13-9-26(10-14-46)47-15-6-24-4-2-3-5-29(24)41-34(47)50/h2-5,20-21,25-26,30H,6-19,22,40H2,1H3,(H,41,50)(H,42,49). The fraction of sp³-hybridized carbons (Fsp3) is 0.571. The molecule has 1 atom stereocenters. The summed E-state index contributed by atoms with van der Waals surface area (Å²) in [5, 5.41) is 5.89. The Hall–Kier alpha value is -3.56. The van der Waals surface area contributed by atoms with Crippen LogP contribution in [0.15, 0.2) is 40.9 Å². The van der Waals surface area contributed by atoms with Crippen molar-refractivity contribution in [3.05, 3.63) is 57.6 Å². The fourth-order valence-corrected chi connectivity index (χ4v) is 8.19. The number of piperazine rings is 1. The highest BCUT2D eigenvalue weighted by Crippen LogP contribution is 2.38. The number of rotatable bonds is 6. The number of carbonyl (C=O) groups is 3. The van der Waals surface area contributed by atoms with Crippen molar-refractivity contribution < 1.29 is 27.6 Å². The zero-order valence-corrected chi connectivity index (χ0v) is 29.9. The van der Waals surface area contributed by atoms with Crippen molar-refractivity contribution in [3.8, 4) is 0 Å². The zero-order chi connectivity index (χ0) is 35.6. The highest BCUT2D eigenvalue weighted by atomic mass is 79.9. The minimum absolute atomic E-state index is 0.0553. The second-order valence-electron chi connectivity index (χ2n) is 13.9. The van der Waals surface area contributed by atoms with Crippen molar-refractivity contribution in [2.75, 3.05) is 77.0 Å². The van der Waals surface area contributed by atoms with E-state index in [1.54, 1.807) is 9.80 Å². The molecule has 4 heterocycles. The maximum atomic E-state index is 14.1. The van der Waals surface area contributed by atoms with Crippen molar-refractivity contribution >= 4 is 45.3 Å². The van der Waals surface area contributed by atoms with E-state index in [4.69, 9.17) is 5.73 Å². The van der Waals surface area contributed by atoms with Crippen LogP contribution in [-0.4, -0.2) is 127 Å². The van der Waals surface area contributed by atoms with E-state index in [2.05, 4.69) is 43.4 Å². The molecule has 1 unspecified atom stereocenters. The molecule has 6 rings (SSSR count). The van der Waals surface area contributed by atoms with E-state index in [0.29, 0.717) is 51.6 Å². The normalized spacial score (nSPS) is 21.0. The number of halogens is 4. The van der Waals surface area contributed by atoms with Crippen molar-refractivity contribution in [1.82, 2.24) is 29.8 Å². The summed E-state index contributed by atoms with van der Waals surface area (Å²) in [5.41, 5.74) is 6.46. The molecule has 0 aliphatic carbocycles. The Kier molecular flexibility index (Phi) is 11.1. The lowest BCUT2D eigenvalue weighted by Crippen LogP contribution is -2.58. The molecular formula is C35H46BrF3N8O3. The summed E-state index contributed by atoms with van der Waals surface area (Å²) >= 11 is 3.15. The average Bonchev–Trinajstić information content (AvgIpc) is 3.27. The summed E-state index contributed by atoms with van der Waals surface area (Å²) in [6.07, 6.45) is -1.37. The van der Waals surface area contributed by atoms with Crippen LogP contribution >= 0.6 is 15.9 Å². The molecule has 272 valence electrons. The van der Waals surface area contributed by atoms with Gasteiger partial charge >= 0.3 is 18.2 Å². The average molecular weight is 764 g/mol. The van der Waals surface area contributed by atoms with Gasteiger partial charge in [0.05, 0.1) is 11.3 Å². The first-order valence-electron chi connectivity index (χ1n) is 17.4. The summed E-state index contributed by atoms with van der Waals surface area (Å²) in [4.78, 5) is 50.8. The van der Waals surface area contributed by atoms with Gasteiger partial charge in [0.15, 0.2) is 0 Å². The molecule has 4 N–H and O–H groups in total. The van der Waals surface area contributed by atoms with Crippen molar-refractivity contribution in [2.45, 2.75) is 62.8 Å². The number of nitrogens with one attached hydrogen (secondary N) is 2. The predicted octanol–water partition coefficient (Wildman–Crippen LogP) is 4.46. The molecule has 0 aromatic heterocycles. The number of nitrogen functional groups attached to an aromatic ring is 1. The topological polar surface area (TPSA) is 117 Å². The molecular weight excluding hydrogens is 717 g/mol. The third-order valence-electron chi connectivity index (χ3n) is 10.7. The zero-order valence-electron chi connectivity index (χ0n) is 28.4. The Morgan fingerprint density at radius 1 is 0.940 bits per heavy atom. The van der Waals surface area contributed by atoms with E-state index in [1.165, 1.54) is 6.07 Å². The number of hydrogen-bond donors (Lipinski definition) is 3. The molecule has 4 aliphatic heterocycles. The fourth-order valence-electron chi connectivity index (χ4n) is 7.68. The van der Waals surface area contributed by atoms with E-state index < -0.39 is 29.5 Å². The number of likely N-dealkylation sites (tertiary alicyclic amines) is 2. The third-order valence-corrected chi connectivity index (χ3v) is 11.4. The molecule has 2 aromatic rings. The first kappa shape index (κ1) is 36.2. The summed E-state index contributed by atoms with van der Waals surface area (Å²) < 4.78 is 41.6. The molecule has 11 nitrogen and oxygen atoms in total. The number of likely N-dealkylation sites (N-methyl/N-ethyl adjacent to an activating group) is 1. The SMILES string of the molecule is CN1CCN(C2CCN(C(=O)C(Cc3cc(Br)c(N)c(C(F)(F)F)c3)NC(=O)N3CCC(N4CCc5ccccc5NC4=O)CC3)CC2)CC1. The molecule has 50 heavy (non-hydrogen) atoms. The minimum Gasteiger partial charge on any atom is -0.397 e. The number of amides is 5. The van der Waals surface area contributed by atoms with Gasteiger partial charge in [0, 0.05) is 87.6 Å². The number of piperidine rings is 2. The number of urea groups is 2. The Labute approximate surface area is 299 Å². The number of para-hydroxylation sites is 1. The molecule has 0 saturated carbocycles. The van der Waals surface area contributed by atoms with E-state index in [0.717, 1.165) is 62.8 Å². The maximum absolute atomic E-state index is 14.1. The molecule has 3 fully saturated rings.